The molecule has 6 heteroatoms. The fourth-order valence-electron chi connectivity index (χ4n) is 2.15. The quantitative estimate of drug-likeness (QED) is 0.892. The minimum atomic E-state index is -0.258. The Hall–Kier alpha value is -2.08. The maximum Gasteiger partial charge on any atom is 0.305 e. The summed E-state index contributed by atoms with van der Waals surface area (Å²) >= 11 is 0.926. The summed E-state index contributed by atoms with van der Waals surface area (Å²) in [6, 6.07) is 7.71. The Bertz CT molecular complexity index is 669. The summed E-state index contributed by atoms with van der Waals surface area (Å²) < 4.78 is 0. The van der Waals surface area contributed by atoms with Gasteiger partial charge in [-0.3, -0.25) is 9.59 Å². The number of aromatic nitrogens is 1. The van der Waals surface area contributed by atoms with E-state index in [0.717, 1.165) is 35.8 Å². The Morgan fingerprint density at radius 2 is 1.86 bits per heavy atom. The van der Waals surface area contributed by atoms with Crippen LogP contribution < -0.4 is 15.1 Å². The van der Waals surface area contributed by atoms with Crippen molar-refractivity contribution in [1.82, 2.24) is 4.98 Å². The van der Waals surface area contributed by atoms with Gasteiger partial charge in [0.1, 0.15) is 4.88 Å². The largest absolute Gasteiger partial charge is 0.372 e. The molecule has 0 atom stereocenters. The van der Waals surface area contributed by atoms with E-state index in [-0.39, 0.29) is 10.8 Å². The van der Waals surface area contributed by atoms with Crippen molar-refractivity contribution in [2.75, 3.05) is 23.3 Å². The third kappa shape index (κ3) is 3.52. The Kier molecular flexibility index (Phi) is 4.80. The fourth-order valence-corrected chi connectivity index (χ4v) is 2.89. The summed E-state index contributed by atoms with van der Waals surface area (Å²) in [4.78, 5) is 28.4. The number of nitrogens with zero attached hydrogens (tertiary/aromatic N) is 1. The molecule has 0 fully saturated rings. The zero-order valence-corrected chi connectivity index (χ0v) is 13.2. The topological polar surface area (TPSA) is 65.2 Å². The number of carbonyl (C=O) groups excluding carboxylic acids is 1. The van der Waals surface area contributed by atoms with Gasteiger partial charge in [-0.15, -0.1) is 0 Å². The summed E-state index contributed by atoms with van der Waals surface area (Å²) in [5.74, 6) is -0.258. The second-order valence-electron chi connectivity index (χ2n) is 4.64. The Labute approximate surface area is 127 Å². The van der Waals surface area contributed by atoms with Gasteiger partial charge < -0.3 is 15.2 Å². The first-order valence-electron chi connectivity index (χ1n) is 6.91. The number of amides is 1. The predicted octanol–water partition coefficient (Wildman–Crippen LogP) is 2.84. The standard InChI is InChI=1S/C15H19N3O2S/c1-4-18(5-2)12-8-6-11(7-9-12)17-14(19)13-10(3)16-15(20)21-13/h6-9H,4-5H2,1-3H3,(H,16,20)(H,17,19). The van der Waals surface area contributed by atoms with E-state index >= 15 is 0 Å². The second kappa shape index (κ2) is 6.58. The molecule has 0 radical (unpaired) electrons. The van der Waals surface area contributed by atoms with Gasteiger partial charge in [0.15, 0.2) is 0 Å². The lowest BCUT2D eigenvalue weighted by Gasteiger charge is -2.21. The minimum Gasteiger partial charge on any atom is -0.372 e. The van der Waals surface area contributed by atoms with Gasteiger partial charge in [0.2, 0.25) is 0 Å². The monoisotopic (exact) mass is 305 g/mol. The van der Waals surface area contributed by atoms with E-state index in [4.69, 9.17) is 0 Å². The summed E-state index contributed by atoms with van der Waals surface area (Å²) in [6.45, 7) is 7.82. The number of hydrogen-bond donors (Lipinski definition) is 2. The van der Waals surface area contributed by atoms with E-state index in [1.165, 1.54) is 0 Å². The predicted molar refractivity (Wildman–Crippen MR) is 87.6 cm³/mol. The number of aromatic amines is 1. The Morgan fingerprint density at radius 3 is 2.33 bits per heavy atom. The van der Waals surface area contributed by atoms with Gasteiger partial charge in [-0.1, -0.05) is 11.3 Å². The highest BCUT2D eigenvalue weighted by Gasteiger charge is 2.13. The third-order valence-electron chi connectivity index (χ3n) is 3.28. The van der Waals surface area contributed by atoms with Gasteiger partial charge in [-0.05, 0) is 45.0 Å². The normalized spacial score (nSPS) is 10.4. The van der Waals surface area contributed by atoms with Crippen LogP contribution in [0.25, 0.3) is 0 Å². The molecule has 0 bridgehead atoms. The van der Waals surface area contributed by atoms with Gasteiger partial charge >= 0.3 is 4.87 Å². The average Bonchev–Trinajstić information content (AvgIpc) is 2.81. The molecule has 0 aliphatic rings. The van der Waals surface area contributed by atoms with Crippen molar-refractivity contribution in [2.45, 2.75) is 20.8 Å². The SMILES string of the molecule is CCN(CC)c1ccc(NC(=O)c2sc(=O)[nH]c2C)cc1. The first-order chi connectivity index (χ1) is 10.0. The molecule has 1 heterocycles. The minimum absolute atomic E-state index is 0.213. The van der Waals surface area contributed by atoms with Gasteiger partial charge in [0.25, 0.3) is 5.91 Å². The lowest BCUT2D eigenvalue weighted by molar-refractivity contribution is 0.103. The van der Waals surface area contributed by atoms with Crippen LogP contribution in [0.4, 0.5) is 11.4 Å². The van der Waals surface area contributed by atoms with Crippen molar-refractivity contribution < 1.29 is 4.79 Å². The molecule has 2 aromatic rings. The molecular formula is C15H19N3O2S. The highest BCUT2D eigenvalue weighted by Crippen LogP contribution is 2.19. The first kappa shape index (κ1) is 15.3. The average molecular weight is 305 g/mol. The number of anilines is 2. The molecule has 0 saturated carbocycles. The van der Waals surface area contributed by atoms with Crippen LogP contribution in [0.15, 0.2) is 29.1 Å². The summed E-state index contributed by atoms with van der Waals surface area (Å²) in [7, 11) is 0. The molecule has 0 spiro atoms. The number of nitrogens with one attached hydrogen (secondary N) is 2. The zero-order valence-electron chi connectivity index (χ0n) is 12.4. The number of hydrogen-bond acceptors (Lipinski definition) is 4. The smallest absolute Gasteiger partial charge is 0.305 e. The Balaban J connectivity index is 2.11. The highest BCUT2D eigenvalue weighted by molar-refractivity contribution is 7.11. The molecule has 2 rings (SSSR count). The molecule has 0 aliphatic carbocycles. The van der Waals surface area contributed by atoms with Gasteiger partial charge in [0, 0.05) is 30.2 Å². The lowest BCUT2D eigenvalue weighted by atomic mass is 10.2. The van der Waals surface area contributed by atoms with Crippen molar-refractivity contribution in [3.63, 3.8) is 0 Å². The summed E-state index contributed by atoms with van der Waals surface area (Å²) in [6.07, 6.45) is 0. The van der Waals surface area contributed by atoms with E-state index in [9.17, 15) is 9.59 Å². The molecule has 0 unspecified atom stereocenters. The van der Waals surface area contributed by atoms with Crippen LogP contribution in [0.2, 0.25) is 0 Å². The van der Waals surface area contributed by atoms with Crippen LogP contribution >= 0.6 is 11.3 Å². The summed E-state index contributed by atoms with van der Waals surface area (Å²) in [5.41, 5.74) is 2.44. The van der Waals surface area contributed by atoms with E-state index in [1.54, 1.807) is 6.92 Å². The molecule has 1 aromatic carbocycles. The third-order valence-corrected chi connectivity index (χ3v) is 4.27. The van der Waals surface area contributed by atoms with Crippen molar-refractivity contribution in [3.05, 3.63) is 44.5 Å². The van der Waals surface area contributed by atoms with Crippen molar-refractivity contribution in [1.29, 1.82) is 0 Å². The van der Waals surface area contributed by atoms with Crippen LogP contribution in [0.3, 0.4) is 0 Å². The number of carbonyl (C=O) groups is 1. The van der Waals surface area contributed by atoms with Gasteiger partial charge in [-0.25, -0.2) is 0 Å². The molecule has 1 amide bonds. The number of aryl methyl sites for hydroxylation is 1. The van der Waals surface area contributed by atoms with Gasteiger partial charge in [0.05, 0.1) is 0 Å². The Morgan fingerprint density at radius 1 is 1.24 bits per heavy atom. The van der Waals surface area contributed by atoms with Crippen molar-refractivity contribution >= 4 is 28.6 Å². The van der Waals surface area contributed by atoms with Crippen molar-refractivity contribution in [2.24, 2.45) is 0 Å². The van der Waals surface area contributed by atoms with Crippen LogP contribution in [-0.2, 0) is 0 Å². The maximum atomic E-state index is 12.1. The molecule has 0 aliphatic heterocycles. The molecule has 5 nitrogen and oxygen atoms in total. The zero-order chi connectivity index (χ0) is 15.4. The number of thiazole rings is 1. The molecular weight excluding hydrogens is 286 g/mol. The van der Waals surface area contributed by atoms with Crippen molar-refractivity contribution in [3.8, 4) is 0 Å². The molecule has 2 N–H and O–H groups in total. The van der Waals surface area contributed by atoms with Gasteiger partial charge in [-0.2, -0.15) is 0 Å². The fraction of sp³-hybridized carbons (Fsp3) is 0.333. The maximum absolute atomic E-state index is 12.1. The van der Waals surface area contributed by atoms with Crippen LogP contribution in [0, 0.1) is 6.92 Å². The highest BCUT2D eigenvalue weighted by atomic mass is 32.1. The number of H-pyrrole nitrogens is 1. The second-order valence-corrected chi connectivity index (χ2v) is 5.63. The number of rotatable bonds is 5. The summed E-state index contributed by atoms with van der Waals surface area (Å²) in [5, 5.41) is 2.81. The van der Waals surface area contributed by atoms with Crippen LogP contribution in [0.5, 0.6) is 0 Å². The molecule has 21 heavy (non-hydrogen) atoms. The van der Waals surface area contributed by atoms with E-state index < -0.39 is 0 Å². The van der Waals surface area contributed by atoms with Crippen LogP contribution in [0.1, 0.15) is 29.2 Å². The van der Waals surface area contributed by atoms with E-state index in [0.29, 0.717) is 10.6 Å². The lowest BCUT2D eigenvalue weighted by Crippen LogP contribution is -2.21. The van der Waals surface area contributed by atoms with E-state index in [1.807, 2.05) is 24.3 Å². The molecule has 0 saturated heterocycles. The number of benzene rings is 1. The molecule has 1 aromatic heterocycles. The first-order valence-corrected chi connectivity index (χ1v) is 7.72. The van der Waals surface area contributed by atoms with E-state index in [2.05, 4.69) is 29.0 Å². The molecule has 112 valence electrons. The van der Waals surface area contributed by atoms with Crippen LogP contribution in [-0.4, -0.2) is 24.0 Å².